The third-order valence-corrected chi connectivity index (χ3v) is 8.10. The zero-order chi connectivity index (χ0) is 31.1. The van der Waals surface area contributed by atoms with Crippen molar-refractivity contribution in [3.05, 3.63) is 81.5 Å². The third kappa shape index (κ3) is 8.90. The highest BCUT2D eigenvalue weighted by Crippen LogP contribution is 2.31. The van der Waals surface area contributed by atoms with E-state index in [4.69, 9.17) is 0 Å². The first-order chi connectivity index (χ1) is 20.4. The van der Waals surface area contributed by atoms with E-state index in [0.29, 0.717) is 54.3 Å². The lowest BCUT2D eigenvalue weighted by molar-refractivity contribution is -0.137. The van der Waals surface area contributed by atoms with Crippen LogP contribution in [0.5, 0.6) is 0 Å². The first kappa shape index (κ1) is 31.7. The lowest BCUT2D eigenvalue weighted by atomic mass is 9.92. The van der Waals surface area contributed by atoms with Gasteiger partial charge < -0.3 is 25.5 Å². The summed E-state index contributed by atoms with van der Waals surface area (Å²) in [6.45, 7) is 10.3. The van der Waals surface area contributed by atoms with E-state index in [0.717, 1.165) is 17.7 Å². The van der Waals surface area contributed by atoms with Gasteiger partial charge in [-0.05, 0) is 54.0 Å². The molecule has 2 aromatic carbocycles. The van der Waals surface area contributed by atoms with Crippen molar-refractivity contribution in [2.24, 2.45) is 5.41 Å². The van der Waals surface area contributed by atoms with E-state index in [1.807, 2.05) is 80.4 Å². The Balaban J connectivity index is 1.58. The summed E-state index contributed by atoms with van der Waals surface area (Å²) in [5, 5.41) is 17.3. The second kappa shape index (κ2) is 13.9. The monoisotopic (exact) mass is 604 g/mol. The van der Waals surface area contributed by atoms with Crippen molar-refractivity contribution in [1.29, 1.82) is 0 Å². The molecule has 1 atom stereocenters. The number of nitrogens with one attached hydrogen (secondary N) is 2. The summed E-state index contributed by atoms with van der Waals surface area (Å²) in [6.07, 6.45) is 0.777. The van der Waals surface area contributed by atoms with Crippen molar-refractivity contribution in [3.63, 3.8) is 0 Å². The Bertz CT molecular complexity index is 1450. The molecule has 1 aromatic heterocycles. The van der Waals surface area contributed by atoms with Crippen LogP contribution < -0.4 is 15.5 Å². The highest BCUT2D eigenvalue weighted by Gasteiger charge is 2.25. The van der Waals surface area contributed by atoms with Crippen LogP contribution in [0.4, 0.5) is 11.4 Å². The Labute approximate surface area is 256 Å². The standard InChI is InChI=1S/C33H40N4O5S/c1-22-8-10-23(11-9-22)25(20-30(39)40)35-31(41)24-12-13-27(26(19-24)34-29(38)21-33(2,3)4)36-14-6-15-37(17-16-36)32(42)28-7-5-18-43-28/h5,7-13,18-19,25H,6,14-17,20-21H2,1-4H3,(H,34,38)(H,35,41)(H,39,40). The molecular formula is C33H40N4O5S. The average molecular weight is 605 g/mol. The lowest BCUT2D eigenvalue weighted by Crippen LogP contribution is -2.35. The molecule has 1 aliphatic rings. The van der Waals surface area contributed by atoms with Gasteiger partial charge in [0.2, 0.25) is 5.91 Å². The Morgan fingerprint density at radius 3 is 2.37 bits per heavy atom. The van der Waals surface area contributed by atoms with Crippen LogP contribution in [-0.4, -0.2) is 59.9 Å². The fraction of sp³-hybridized carbons (Fsp3) is 0.394. The van der Waals surface area contributed by atoms with Crippen molar-refractivity contribution in [2.45, 2.75) is 53.0 Å². The topological polar surface area (TPSA) is 119 Å². The number of hydrogen-bond donors (Lipinski definition) is 3. The molecule has 1 aliphatic heterocycles. The number of carboxylic acids is 1. The number of carboxylic acid groups (broad SMARTS) is 1. The van der Waals surface area contributed by atoms with Gasteiger partial charge in [0.05, 0.1) is 28.7 Å². The number of anilines is 2. The van der Waals surface area contributed by atoms with Gasteiger partial charge in [-0.2, -0.15) is 0 Å². The van der Waals surface area contributed by atoms with Gasteiger partial charge in [-0.25, -0.2) is 0 Å². The highest BCUT2D eigenvalue weighted by atomic mass is 32.1. The maximum Gasteiger partial charge on any atom is 0.305 e. The van der Waals surface area contributed by atoms with Gasteiger partial charge in [0.15, 0.2) is 0 Å². The molecule has 0 radical (unpaired) electrons. The molecule has 1 saturated heterocycles. The number of carbonyl (C=O) groups is 4. The van der Waals surface area contributed by atoms with Gasteiger partial charge in [0.1, 0.15) is 0 Å². The fourth-order valence-electron chi connectivity index (χ4n) is 5.11. The molecule has 228 valence electrons. The maximum atomic E-state index is 13.4. The zero-order valence-electron chi connectivity index (χ0n) is 25.2. The molecule has 9 nitrogen and oxygen atoms in total. The van der Waals surface area contributed by atoms with Crippen LogP contribution in [-0.2, 0) is 9.59 Å². The number of rotatable bonds is 9. The van der Waals surface area contributed by atoms with Crippen molar-refractivity contribution >= 4 is 46.4 Å². The van der Waals surface area contributed by atoms with Crippen LogP contribution in [0.25, 0.3) is 0 Å². The van der Waals surface area contributed by atoms with Crippen LogP contribution in [0.3, 0.4) is 0 Å². The zero-order valence-corrected chi connectivity index (χ0v) is 26.0. The number of carbonyl (C=O) groups excluding carboxylic acids is 3. The van der Waals surface area contributed by atoms with E-state index in [1.54, 1.807) is 12.1 Å². The van der Waals surface area contributed by atoms with Gasteiger partial charge in [-0.1, -0.05) is 56.7 Å². The van der Waals surface area contributed by atoms with Crippen LogP contribution in [0.2, 0.25) is 0 Å². The van der Waals surface area contributed by atoms with Crippen LogP contribution >= 0.6 is 11.3 Å². The first-order valence-corrected chi connectivity index (χ1v) is 15.4. The number of amides is 3. The van der Waals surface area contributed by atoms with E-state index in [1.165, 1.54) is 11.3 Å². The lowest BCUT2D eigenvalue weighted by Gasteiger charge is -2.27. The summed E-state index contributed by atoms with van der Waals surface area (Å²) in [7, 11) is 0. The predicted molar refractivity (Wildman–Crippen MR) is 170 cm³/mol. The number of aliphatic carboxylic acids is 1. The third-order valence-electron chi connectivity index (χ3n) is 7.24. The number of nitrogens with zero attached hydrogens (tertiary/aromatic N) is 2. The van der Waals surface area contributed by atoms with Crippen LogP contribution in [0, 0.1) is 12.3 Å². The van der Waals surface area contributed by atoms with Crippen molar-refractivity contribution in [2.75, 3.05) is 36.4 Å². The second-order valence-electron chi connectivity index (χ2n) is 12.2. The number of benzene rings is 2. The summed E-state index contributed by atoms with van der Waals surface area (Å²) in [5.74, 6) is -1.61. The fourth-order valence-corrected chi connectivity index (χ4v) is 5.80. The molecule has 1 fully saturated rings. The SMILES string of the molecule is Cc1ccc(C(CC(=O)O)NC(=O)c2ccc(N3CCCN(C(=O)c4cccs4)CC3)c(NC(=O)CC(C)(C)C)c2)cc1. The smallest absolute Gasteiger partial charge is 0.305 e. The normalized spacial score (nSPS) is 14.5. The minimum Gasteiger partial charge on any atom is -0.481 e. The average Bonchev–Trinajstić information content (AvgIpc) is 3.36. The highest BCUT2D eigenvalue weighted by molar-refractivity contribution is 7.12. The summed E-state index contributed by atoms with van der Waals surface area (Å²) in [6, 6.07) is 15.5. The molecule has 2 heterocycles. The van der Waals surface area contributed by atoms with Crippen molar-refractivity contribution in [3.8, 4) is 0 Å². The summed E-state index contributed by atoms with van der Waals surface area (Å²) in [4.78, 5) is 55.8. The second-order valence-corrected chi connectivity index (χ2v) is 13.1. The minimum atomic E-state index is -1.02. The Morgan fingerprint density at radius 2 is 1.72 bits per heavy atom. The van der Waals surface area contributed by atoms with Gasteiger partial charge in [0, 0.05) is 38.2 Å². The molecule has 0 bridgehead atoms. The van der Waals surface area contributed by atoms with Crippen molar-refractivity contribution in [1.82, 2.24) is 10.2 Å². The minimum absolute atomic E-state index is 0.0204. The molecular weight excluding hydrogens is 564 g/mol. The molecule has 3 amide bonds. The molecule has 1 unspecified atom stereocenters. The summed E-state index contributed by atoms with van der Waals surface area (Å²) >= 11 is 1.43. The van der Waals surface area contributed by atoms with Gasteiger partial charge >= 0.3 is 5.97 Å². The summed E-state index contributed by atoms with van der Waals surface area (Å²) in [5.41, 5.74) is 3.07. The molecule has 3 aromatic rings. The largest absolute Gasteiger partial charge is 0.481 e. The van der Waals surface area contributed by atoms with E-state index >= 15 is 0 Å². The maximum absolute atomic E-state index is 13.4. The number of hydrogen-bond acceptors (Lipinski definition) is 6. The van der Waals surface area contributed by atoms with Gasteiger partial charge in [0.25, 0.3) is 11.8 Å². The Hall–Kier alpha value is -4.18. The van der Waals surface area contributed by atoms with E-state index in [-0.39, 0.29) is 23.7 Å². The van der Waals surface area contributed by atoms with Crippen molar-refractivity contribution < 1.29 is 24.3 Å². The molecule has 4 rings (SSSR count). The van der Waals surface area contributed by atoms with E-state index in [2.05, 4.69) is 15.5 Å². The number of aryl methyl sites for hydroxylation is 1. The predicted octanol–water partition coefficient (Wildman–Crippen LogP) is 5.73. The van der Waals surface area contributed by atoms with Gasteiger partial charge in [-0.3, -0.25) is 19.2 Å². The molecule has 0 aliphatic carbocycles. The molecule has 0 spiro atoms. The van der Waals surface area contributed by atoms with Crippen LogP contribution in [0.1, 0.15) is 77.2 Å². The Kier molecular flexibility index (Phi) is 10.2. The first-order valence-electron chi connectivity index (χ1n) is 14.5. The van der Waals surface area contributed by atoms with Crippen LogP contribution in [0.15, 0.2) is 60.0 Å². The molecule has 10 heteroatoms. The molecule has 0 saturated carbocycles. The number of thiophene rings is 1. The van der Waals surface area contributed by atoms with E-state index in [9.17, 15) is 24.3 Å². The Morgan fingerprint density at radius 1 is 0.977 bits per heavy atom. The van der Waals surface area contributed by atoms with E-state index < -0.39 is 17.9 Å². The quantitative estimate of drug-likeness (QED) is 0.287. The summed E-state index contributed by atoms with van der Waals surface area (Å²) < 4.78 is 0. The molecule has 43 heavy (non-hydrogen) atoms. The van der Waals surface area contributed by atoms with Gasteiger partial charge in [-0.15, -0.1) is 11.3 Å². The molecule has 3 N–H and O–H groups in total.